The zero-order chi connectivity index (χ0) is 23.5. The molecular formula is C24H19FN6O3. The lowest BCUT2D eigenvalue weighted by Crippen LogP contribution is -2.28. The molecule has 2 aromatic heterocycles. The minimum absolute atomic E-state index is 0.0948. The largest absolute Gasteiger partial charge is 0.438 e. The van der Waals surface area contributed by atoms with E-state index in [1.165, 1.54) is 29.2 Å². The molecule has 34 heavy (non-hydrogen) atoms. The fourth-order valence-electron chi connectivity index (χ4n) is 3.62. The number of anilines is 2. The van der Waals surface area contributed by atoms with Crippen molar-refractivity contribution in [2.45, 2.75) is 6.42 Å². The highest BCUT2D eigenvalue weighted by Gasteiger charge is 2.35. The summed E-state index contributed by atoms with van der Waals surface area (Å²) in [6, 6.07) is 17.7. The van der Waals surface area contributed by atoms with E-state index in [0.29, 0.717) is 28.8 Å². The third-order valence-electron chi connectivity index (χ3n) is 5.34. The van der Waals surface area contributed by atoms with Crippen LogP contribution >= 0.6 is 0 Å². The van der Waals surface area contributed by atoms with Crippen LogP contribution < -0.4 is 15.0 Å². The van der Waals surface area contributed by atoms with Crippen molar-refractivity contribution < 1.29 is 18.7 Å². The van der Waals surface area contributed by atoms with Crippen LogP contribution in [0.3, 0.4) is 0 Å². The highest BCUT2D eigenvalue weighted by molar-refractivity contribution is 6.03. The standard InChI is InChI=1S/C24H19FN6O3/c25-17-2-6-19(7-3-17)30-15-16(14-23(30)32)24(33)27-18-4-8-20(9-5-18)34-22-11-10-21(28-29-22)31-13-1-12-26-31/h1-13,16H,14-15H2,(H,27,33). The van der Waals surface area contributed by atoms with Crippen molar-refractivity contribution in [1.82, 2.24) is 20.0 Å². The van der Waals surface area contributed by atoms with E-state index in [1.807, 2.05) is 0 Å². The molecule has 1 N–H and O–H groups in total. The Kier molecular flexibility index (Phi) is 5.69. The zero-order valence-electron chi connectivity index (χ0n) is 17.8. The highest BCUT2D eigenvalue weighted by Crippen LogP contribution is 2.27. The smallest absolute Gasteiger partial charge is 0.238 e. The maximum absolute atomic E-state index is 13.2. The molecule has 170 valence electrons. The molecule has 0 spiro atoms. The Labute approximate surface area is 193 Å². The summed E-state index contributed by atoms with van der Waals surface area (Å²) in [7, 11) is 0. The first-order chi connectivity index (χ1) is 16.5. The van der Waals surface area contributed by atoms with Crippen molar-refractivity contribution in [2.24, 2.45) is 5.92 Å². The van der Waals surface area contributed by atoms with E-state index in [4.69, 9.17) is 4.74 Å². The van der Waals surface area contributed by atoms with E-state index >= 15 is 0 Å². The molecule has 1 saturated heterocycles. The van der Waals surface area contributed by atoms with Crippen LogP contribution in [-0.2, 0) is 9.59 Å². The van der Waals surface area contributed by atoms with Crippen molar-refractivity contribution in [3.8, 4) is 17.4 Å². The minimum Gasteiger partial charge on any atom is -0.438 e. The number of halogens is 1. The summed E-state index contributed by atoms with van der Waals surface area (Å²) in [5.41, 5.74) is 1.15. The number of nitrogens with one attached hydrogen (secondary N) is 1. The first-order valence-electron chi connectivity index (χ1n) is 10.5. The minimum atomic E-state index is -0.503. The molecule has 0 aliphatic carbocycles. The molecule has 10 heteroatoms. The Balaban J connectivity index is 1.18. The number of rotatable bonds is 6. The maximum Gasteiger partial charge on any atom is 0.238 e. The van der Waals surface area contributed by atoms with Gasteiger partial charge in [0, 0.05) is 42.8 Å². The van der Waals surface area contributed by atoms with Gasteiger partial charge in [-0.3, -0.25) is 9.59 Å². The zero-order valence-corrected chi connectivity index (χ0v) is 17.8. The summed E-state index contributed by atoms with van der Waals surface area (Å²) in [5, 5.41) is 15.0. The van der Waals surface area contributed by atoms with Gasteiger partial charge in [-0.1, -0.05) is 0 Å². The van der Waals surface area contributed by atoms with Gasteiger partial charge >= 0.3 is 0 Å². The summed E-state index contributed by atoms with van der Waals surface area (Å²) in [4.78, 5) is 26.5. The van der Waals surface area contributed by atoms with E-state index in [9.17, 15) is 14.0 Å². The van der Waals surface area contributed by atoms with Crippen LogP contribution in [0.5, 0.6) is 11.6 Å². The average Bonchev–Trinajstić information content (AvgIpc) is 3.52. The second-order valence-corrected chi connectivity index (χ2v) is 7.68. The number of hydrogen-bond acceptors (Lipinski definition) is 6. The molecule has 3 heterocycles. The molecule has 1 unspecified atom stereocenters. The van der Waals surface area contributed by atoms with Crippen molar-refractivity contribution in [3.63, 3.8) is 0 Å². The predicted octanol–water partition coefficient (Wildman–Crippen LogP) is 3.59. The van der Waals surface area contributed by atoms with Gasteiger partial charge in [0.25, 0.3) is 0 Å². The van der Waals surface area contributed by atoms with Crippen molar-refractivity contribution in [2.75, 3.05) is 16.8 Å². The van der Waals surface area contributed by atoms with E-state index < -0.39 is 5.92 Å². The van der Waals surface area contributed by atoms with Crippen LogP contribution in [0.2, 0.25) is 0 Å². The van der Waals surface area contributed by atoms with Crippen LogP contribution in [0, 0.1) is 11.7 Å². The SMILES string of the molecule is O=C(Nc1ccc(Oc2ccc(-n3cccn3)nn2)cc1)C1CC(=O)N(c2ccc(F)cc2)C1. The third kappa shape index (κ3) is 4.60. The summed E-state index contributed by atoms with van der Waals surface area (Å²) >= 11 is 0. The van der Waals surface area contributed by atoms with Gasteiger partial charge in [0.2, 0.25) is 17.7 Å². The van der Waals surface area contributed by atoms with Crippen molar-refractivity contribution in [1.29, 1.82) is 0 Å². The normalized spacial score (nSPS) is 15.4. The molecule has 5 rings (SSSR count). The van der Waals surface area contributed by atoms with Crippen molar-refractivity contribution in [3.05, 3.63) is 84.9 Å². The molecule has 4 aromatic rings. The fraction of sp³-hybridized carbons (Fsp3) is 0.125. The van der Waals surface area contributed by atoms with Gasteiger partial charge in [-0.05, 0) is 60.7 Å². The van der Waals surface area contributed by atoms with Crippen LogP contribution in [0.4, 0.5) is 15.8 Å². The molecule has 0 saturated carbocycles. The van der Waals surface area contributed by atoms with Gasteiger partial charge in [-0.25, -0.2) is 9.07 Å². The molecule has 1 fully saturated rings. The number of ether oxygens (including phenoxy) is 1. The van der Waals surface area contributed by atoms with E-state index in [0.717, 1.165) is 0 Å². The van der Waals surface area contributed by atoms with Gasteiger partial charge in [0.1, 0.15) is 11.6 Å². The highest BCUT2D eigenvalue weighted by atomic mass is 19.1. The Bertz CT molecular complexity index is 1290. The first-order valence-corrected chi connectivity index (χ1v) is 10.5. The van der Waals surface area contributed by atoms with Gasteiger partial charge in [-0.15, -0.1) is 10.2 Å². The molecule has 9 nitrogen and oxygen atoms in total. The molecule has 2 amide bonds. The van der Waals surface area contributed by atoms with Gasteiger partial charge in [0.15, 0.2) is 5.82 Å². The maximum atomic E-state index is 13.2. The van der Waals surface area contributed by atoms with Crippen LogP contribution in [0.1, 0.15) is 6.42 Å². The molecule has 1 aliphatic rings. The van der Waals surface area contributed by atoms with Crippen LogP contribution in [-0.4, -0.2) is 38.3 Å². The molecule has 0 bridgehead atoms. The Morgan fingerprint density at radius 3 is 2.50 bits per heavy atom. The van der Waals surface area contributed by atoms with Gasteiger partial charge in [-0.2, -0.15) is 5.10 Å². The monoisotopic (exact) mass is 458 g/mol. The number of nitrogens with zero attached hydrogens (tertiary/aromatic N) is 5. The molecule has 1 atom stereocenters. The number of hydrogen-bond donors (Lipinski definition) is 1. The number of aromatic nitrogens is 4. The topological polar surface area (TPSA) is 102 Å². The average molecular weight is 458 g/mol. The lowest BCUT2D eigenvalue weighted by atomic mass is 10.1. The number of carbonyl (C=O) groups is 2. The summed E-state index contributed by atoms with van der Waals surface area (Å²) in [5.74, 6) is 0.101. The number of amides is 2. The van der Waals surface area contributed by atoms with Gasteiger partial charge in [0.05, 0.1) is 5.92 Å². The molecule has 1 aliphatic heterocycles. The summed E-state index contributed by atoms with van der Waals surface area (Å²) in [6.07, 6.45) is 3.51. The summed E-state index contributed by atoms with van der Waals surface area (Å²) < 4.78 is 20.4. The number of benzene rings is 2. The first kappa shape index (κ1) is 21.3. The quantitative estimate of drug-likeness (QED) is 0.474. The predicted molar refractivity (Wildman–Crippen MR) is 121 cm³/mol. The second kappa shape index (κ2) is 9.10. The Morgan fingerprint density at radius 2 is 1.82 bits per heavy atom. The number of carbonyl (C=O) groups excluding carboxylic acids is 2. The van der Waals surface area contributed by atoms with Crippen LogP contribution in [0.15, 0.2) is 79.1 Å². The van der Waals surface area contributed by atoms with Crippen molar-refractivity contribution >= 4 is 23.2 Å². The Hall–Kier alpha value is -4.60. The second-order valence-electron chi connectivity index (χ2n) is 7.68. The Morgan fingerprint density at radius 1 is 1.03 bits per heavy atom. The van der Waals surface area contributed by atoms with E-state index in [1.54, 1.807) is 59.5 Å². The molecule has 0 radical (unpaired) electrons. The van der Waals surface area contributed by atoms with E-state index in [2.05, 4.69) is 20.6 Å². The lowest BCUT2D eigenvalue weighted by molar-refractivity contribution is -0.122. The van der Waals surface area contributed by atoms with E-state index in [-0.39, 0.29) is 30.6 Å². The third-order valence-corrected chi connectivity index (χ3v) is 5.34. The van der Waals surface area contributed by atoms with Crippen LogP contribution in [0.25, 0.3) is 5.82 Å². The molecule has 2 aromatic carbocycles. The van der Waals surface area contributed by atoms with Gasteiger partial charge < -0.3 is 15.0 Å². The fourth-order valence-corrected chi connectivity index (χ4v) is 3.62. The molecular weight excluding hydrogens is 439 g/mol. The summed E-state index contributed by atoms with van der Waals surface area (Å²) in [6.45, 7) is 0.241. The lowest BCUT2D eigenvalue weighted by Gasteiger charge is -2.16.